The van der Waals surface area contributed by atoms with Crippen molar-refractivity contribution in [2.45, 2.75) is 52.1 Å². The first-order valence-electron chi connectivity index (χ1n) is 9.57. The molecule has 2 N–H and O–H groups in total. The number of halogens is 1. The number of guanidine groups is 1. The van der Waals surface area contributed by atoms with E-state index in [1.165, 1.54) is 24.8 Å². The van der Waals surface area contributed by atoms with Crippen molar-refractivity contribution >= 4 is 29.9 Å². The van der Waals surface area contributed by atoms with Crippen LogP contribution in [0.4, 0.5) is 0 Å². The highest BCUT2D eigenvalue weighted by atomic mass is 127. The summed E-state index contributed by atoms with van der Waals surface area (Å²) in [5.41, 5.74) is 1.23. The Bertz CT molecular complexity index is 544. The van der Waals surface area contributed by atoms with E-state index in [2.05, 4.69) is 48.4 Å². The fourth-order valence-corrected chi connectivity index (χ4v) is 3.35. The maximum atomic E-state index is 5.63. The molecule has 1 fully saturated rings. The van der Waals surface area contributed by atoms with Gasteiger partial charge in [0.1, 0.15) is 5.75 Å². The highest BCUT2D eigenvalue weighted by Gasteiger charge is 2.24. The molecule has 0 spiro atoms. The van der Waals surface area contributed by atoms with Gasteiger partial charge in [0.2, 0.25) is 0 Å². The Morgan fingerprint density at radius 3 is 2.50 bits per heavy atom. The van der Waals surface area contributed by atoms with Crippen LogP contribution >= 0.6 is 24.0 Å². The number of benzene rings is 1. The number of aliphatic imine (C=N–C) groups is 1. The van der Waals surface area contributed by atoms with E-state index in [-0.39, 0.29) is 30.0 Å². The third-order valence-electron chi connectivity index (χ3n) is 4.52. The fourth-order valence-electron chi connectivity index (χ4n) is 3.35. The van der Waals surface area contributed by atoms with Gasteiger partial charge in [0.15, 0.2) is 5.96 Å². The molecule has 1 aromatic rings. The van der Waals surface area contributed by atoms with Gasteiger partial charge in [-0.05, 0) is 52.8 Å². The van der Waals surface area contributed by atoms with Crippen molar-refractivity contribution in [1.82, 2.24) is 15.5 Å². The molecule has 0 radical (unpaired) electrons. The molecule has 1 aliphatic heterocycles. The SMILES string of the molecule is CCNC(=NCC(c1ccccc1OC)N1CCCCC1)NC(C)C.I. The van der Waals surface area contributed by atoms with Crippen molar-refractivity contribution in [3.05, 3.63) is 29.8 Å². The summed E-state index contributed by atoms with van der Waals surface area (Å²) in [7, 11) is 1.75. The zero-order valence-electron chi connectivity index (χ0n) is 16.6. The standard InChI is InChI=1S/C20H34N4O.HI/c1-5-21-20(23-16(2)3)22-15-18(24-13-9-6-10-14-24)17-11-7-8-12-19(17)25-4;/h7-8,11-12,16,18H,5-6,9-10,13-15H2,1-4H3,(H2,21,22,23);1H. The van der Waals surface area contributed by atoms with Gasteiger partial charge in [0, 0.05) is 18.2 Å². The number of nitrogens with one attached hydrogen (secondary N) is 2. The molecule has 0 bridgehead atoms. The first-order valence-corrected chi connectivity index (χ1v) is 9.57. The lowest BCUT2D eigenvalue weighted by atomic mass is 10.0. The topological polar surface area (TPSA) is 48.9 Å². The summed E-state index contributed by atoms with van der Waals surface area (Å²) in [5.74, 6) is 1.84. The zero-order valence-corrected chi connectivity index (χ0v) is 19.0. The zero-order chi connectivity index (χ0) is 18.1. The van der Waals surface area contributed by atoms with E-state index in [1.54, 1.807) is 7.11 Å². The molecule has 1 heterocycles. The smallest absolute Gasteiger partial charge is 0.191 e. The number of para-hydroxylation sites is 1. The summed E-state index contributed by atoms with van der Waals surface area (Å²) >= 11 is 0. The normalized spacial score (nSPS) is 16.7. The van der Waals surface area contributed by atoms with Gasteiger partial charge in [-0.3, -0.25) is 9.89 Å². The Hall–Kier alpha value is -1.02. The van der Waals surface area contributed by atoms with E-state index in [0.29, 0.717) is 6.04 Å². The van der Waals surface area contributed by atoms with Gasteiger partial charge in [0.05, 0.1) is 19.7 Å². The molecule has 1 saturated heterocycles. The highest BCUT2D eigenvalue weighted by Crippen LogP contribution is 2.31. The van der Waals surface area contributed by atoms with Crippen molar-refractivity contribution in [3.63, 3.8) is 0 Å². The first-order chi connectivity index (χ1) is 12.2. The van der Waals surface area contributed by atoms with E-state index in [9.17, 15) is 0 Å². The molecule has 1 aromatic carbocycles. The summed E-state index contributed by atoms with van der Waals surface area (Å²) in [5, 5.41) is 6.75. The molecule has 1 atom stereocenters. The lowest BCUT2D eigenvalue weighted by Gasteiger charge is -2.34. The monoisotopic (exact) mass is 474 g/mol. The summed E-state index contributed by atoms with van der Waals surface area (Å²) in [6.07, 6.45) is 3.86. The minimum absolute atomic E-state index is 0. The second kappa shape index (κ2) is 12.4. The van der Waals surface area contributed by atoms with E-state index in [1.807, 2.05) is 12.1 Å². The number of likely N-dealkylation sites (tertiary alicyclic amines) is 1. The molecule has 2 rings (SSSR count). The van der Waals surface area contributed by atoms with Crippen LogP contribution in [0.5, 0.6) is 5.75 Å². The number of hydrogen-bond donors (Lipinski definition) is 2. The molecule has 0 aromatic heterocycles. The van der Waals surface area contributed by atoms with Crippen LogP contribution in [0.1, 0.15) is 51.6 Å². The Morgan fingerprint density at radius 1 is 1.19 bits per heavy atom. The van der Waals surface area contributed by atoms with Crippen LogP contribution in [0.2, 0.25) is 0 Å². The molecule has 1 aliphatic rings. The molecule has 26 heavy (non-hydrogen) atoms. The maximum Gasteiger partial charge on any atom is 0.191 e. The molecule has 148 valence electrons. The largest absolute Gasteiger partial charge is 0.496 e. The quantitative estimate of drug-likeness (QED) is 0.359. The molecular formula is C20H35IN4O. The van der Waals surface area contributed by atoms with Crippen molar-refractivity contribution < 1.29 is 4.74 Å². The van der Waals surface area contributed by atoms with Crippen LogP contribution in [0.3, 0.4) is 0 Å². The van der Waals surface area contributed by atoms with Gasteiger partial charge in [-0.1, -0.05) is 24.6 Å². The molecule has 0 amide bonds. The molecule has 0 saturated carbocycles. The second-order valence-electron chi connectivity index (χ2n) is 6.87. The summed E-state index contributed by atoms with van der Waals surface area (Å²) in [4.78, 5) is 7.44. The van der Waals surface area contributed by atoms with Crippen molar-refractivity contribution in [2.75, 3.05) is 33.3 Å². The van der Waals surface area contributed by atoms with Crippen LogP contribution in [0.25, 0.3) is 0 Å². The van der Waals surface area contributed by atoms with Gasteiger partial charge in [0.25, 0.3) is 0 Å². The molecule has 0 aliphatic carbocycles. The number of nitrogens with zero attached hydrogens (tertiary/aromatic N) is 2. The van der Waals surface area contributed by atoms with E-state index in [4.69, 9.17) is 9.73 Å². The fraction of sp³-hybridized carbons (Fsp3) is 0.650. The molecule has 6 heteroatoms. The second-order valence-corrected chi connectivity index (χ2v) is 6.87. The van der Waals surface area contributed by atoms with Crippen LogP contribution in [0, 0.1) is 0 Å². The Balaban J connectivity index is 0.00000338. The van der Waals surface area contributed by atoms with Gasteiger partial charge < -0.3 is 15.4 Å². The van der Waals surface area contributed by atoms with E-state index >= 15 is 0 Å². The van der Waals surface area contributed by atoms with E-state index in [0.717, 1.165) is 37.9 Å². The third kappa shape index (κ3) is 6.95. The van der Waals surface area contributed by atoms with Gasteiger partial charge in [-0.25, -0.2) is 0 Å². The Kier molecular flexibility index (Phi) is 11.0. The molecule has 5 nitrogen and oxygen atoms in total. The number of ether oxygens (including phenoxy) is 1. The van der Waals surface area contributed by atoms with Gasteiger partial charge in [-0.15, -0.1) is 24.0 Å². The average molecular weight is 474 g/mol. The van der Waals surface area contributed by atoms with Crippen LogP contribution in [0.15, 0.2) is 29.3 Å². The lowest BCUT2D eigenvalue weighted by molar-refractivity contribution is 0.165. The summed E-state index contributed by atoms with van der Waals surface area (Å²) in [6.45, 7) is 10.2. The minimum Gasteiger partial charge on any atom is -0.496 e. The number of rotatable bonds is 7. The van der Waals surface area contributed by atoms with Gasteiger partial charge in [-0.2, -0.15) is 0 Å². The highest BCUT2D eigenvalue weighted by molar-refractivity contribution is 14.0. The van der Waals surface area contributed by atoms with Crippen LogP contribution in [-0.2, 0) is 0 Å². The molecule has 1 unspecified atom stereocenters. The number of piperidine rings is 1. The van der Waals surface area contributed by atoms with Crippen molar-refractivity contribution in [3.8, 4) is 5.75 Å². The predicted octanol–water partition coefficient (Wildman–Crippen LogP) is 3.80. The third-order valence-corrected chi connectivity index (χ3v) is 4.52. The summed E-state index contributed by atoms with van der Waals surface area (Å²) < 4.78 is 5.63. The lowest BCUT2D eigenvalue weighted by Crippen LogP contribution is -2.42. The Labute approximate surface area is 176 Å². The first kappa shape index (κ1) is 23.0. The number of hydrogen-bond acceptors (Lipinski definition) is 3. The average Bonchev–Trinajstić information content (AvgIpc) is 2.63. The molecular weight excluding hydrogens is 439 g/mol. The Morgan fingerprint density at radius 2 is 1.88 bits per heavy atom. The van der Waals surface area contributed by atoms with Gasteiger partial charge >= 0.3 is 0 Å². The van der Waals surface area contributed by atoms with Crippen LogP contribution < -0.4 is 15.4 Å². The minimum atomic E-state index is 0. The number of methoxy groups -OCH3 is 1. The van der Waals surface area contributed by atoms with E-state index < -0.39 is 0 Å². The summed E-state index contributed by atoms with van der Waals surface area (Å²) in [6, 6.07) is 8.96. The van der Waals surface area contributed by atoms with Crippen LogP contribution in [-0.4, -0.2) is 50.2 Å². The maximum absolute atomic E-state index is 5.63. The van der Waals surface area contributed by atoms with Crippen molar-refractivity contribution in [2.24, 2.45) is 4.99 Å². The predicted molar refractivity (Wildman–Crippen MR) is 121 cm³/mol. The van der Waals surface area contributed by atoms with Crippen molar-refractivity contribution in [1.29, 1.82) is 0 Å².